The number of aromatic nitrogens is 1. The van der Waals surface area contributed by atoms with Crippen LogP contribution in [0.4, 0.5) is 5.82 Å². The molecule has 0 saturated carbocycles. The molecular formula is C13H15BrN2O. The van der Waals surface area contributed by atoms with E-state index in [0.29, 0.717) is 6.04 Å². The highest BCUT2D eigenvalue weighted by atomic mass is 79.9. The zero-order valence-electron chi connectivity index (χ0n) is 9.69. The third-order valence-electron chi connectivity index (χ3n) is 2.53. The zero-order valence-corrected chi connectivity index (χ0v) is 11.3. The number of nitrogens with zero attached hydrogens (tertiary/aromatic N) is 1. The molecule has 2 aromatic heterocycles. The van der Waals surface area contributed by atoms with Gasteiger partial charge in [0.05, 0.1) is 6.26 Å². The number of rotatable bonds is 5. The van der Waals surface area contributed by atoms with Gasteiger partial charge in [-0.1, -0.05) is 0 Å². The van der Waals surface area contributed by atoms with Crippen molar-refractivity contribution >= 4 is 21.7 Å². The van der Waals surface area contributed by atoms with Crippen LogP contribution >= 0.6 is 15.9 Å². The van der Waals surface area contributed by atoms with E-state index in [2.05, 4.69) is 33.2 Å². The van der Waals surface area contributed by atoms with E-state index in [4.69, 9.17) is 4.42 Å². The summed E-state index contributed by atoms with van der Waals surface area (Å²) in [5, 5.41) is 3.36. The van der Waals surface area contributed by atoms with Gasteiger partial charge in [-0.15, -0.1) is 0 Å². The van der Waals surface area contributed by atoms with E-state index in [9.17, 15) is 0 Å². The van der Waals surface area contributed by atoms with E-state index < -0.39 is 0 Å². The smallest absolute Gasteiger partial charge is 0.126 e. The van der Waals surface area contributed by atoms with Crippen LogP contribution in [0.5, 0.6) is 0 Å². The van der Waals surface area contributed by atoms with Crippen molar-refractivity contribution in [2.45, 2.75) is 25.8 Å². The van der Waals surface area contributed by atoms with Gasteiger partial charge in [0.15, 0.2) is 0 Å². The van der Waals surface area contributed by atoms with Crippen LogP contribution < -0.4 is 5.32 Å². The first kappa shape index (κ1) is 12.2. The molecule has 17 heavy (non-hydrogen) atoms. The molecule has 0 aliphatic carbocycles. The summed E-state index contributed by atoms with van der Waals surface area (Å²) in [5.41, 5.74) is 0. The molecule has 1 unspecified atom stereocenters. The van der Waals surface area contributed by atoms with Crippen molar-refractivity contribution in [3.05, 3.63) is 47.0 Å². The second-order valence-corrected chi connectivity index (χ2v) is 4.94. The molecule has 0 fully saturated rings. The summed E-state index contributed by atoms with van der Waals surface area (Å²) in [6.07, 6.45) is 5.47. The molecule has 2 rings (SSSR count). The Bertz CT molecular complexity index is 439. The topological polar surface area (TPSA) is 38.1 Å². The van der Waals surface area contributed by atoms with Gasteiger partial charge < -0.3 is 9.73 Å². The fourth-order valence-corrected chi connectivity index (χ4v) is 1.83. The maximum absolute atomic E-state index is 5.30. The molecule has 0 radical (unpaired) electrons. The van der Waals surface area contributed by atoms with Crippen LogP contribution in [-0.2, 0) is 6.42 Å². The van der Waals surface area contributed by atoms with Crippen molar-refractivity contribution in [2.24, 2.45) is 0 Å². The number of nitrogens with one attached hydrogen (secondary N) is 1. The summed E-state index contributed by atoms with van der Waals surface area (Å²) < 4.78 is 6.29. The van der Waals surface area contributed by atoms with Crippen molar-refractivity contribution < 1.29 is 4.42 Å². The van der Waals surface area contributed by atoms with Crippen molar-refractivity contribution in [1.29, 1.82) is 0 Å². The van der Waals surface area contributed by atoms with Gasteiger partial charge in [-0.05, 0) is 53.5 Å². The Balaban J connectivity index is 1.80. The third kappa shape index (κ3) is 3.89. The van der Waals surface area contributed by atoms with Gasteiger partial charge in [-0.25, -0.2) is 4.98 Å². The summed E-state index contributed by atoms with van der Waals surface area (Å²) in [7, 11) is 0. The molecule has 4 heteroatoms. The van der Waals surface area contributed by atoms with E-state index in [1.165, 1.54) is 0 Å². The Morgan fingerprint density at radius 2 is 2.29 bits per heavy atom. The average Bonchev–Trinajstić information content (AvgIpc) is 2.83. The van der Waals surface area contributed by atoms with Gasteiger partial charge >= 0.3 is 0 Å². The second-order valence-electron chi connectivity index (χ2n) is 4.03. The molecule has 0 amide bonds. The molecule has 2 heterocycles. The molecule has 1 N–H and O–H groups in total. The first-order chi connectivity index (χ1) is 8.24. The highest BCUT2D eigenvalue weighted by Gasteiger charge is 2.04. The third-order valence-corrected chi connectivity index (χ3v) is 2.99. The first-order valence-corrected chi connectivity index (χ1v) is 6.44. The molecule has 2 aromatic rings. The minimum absolute atomic E-state index is 0.369. The SMILES string of the molecule is CC(CCc1ccco1)Nc1ccc(Br)cn1. The number of anilines is 1. The molecule has 0 saturated heterocycles. The standard InChI is InChI=1S/C13H15BrN2O/c1-10(4-6-12-3-2-8-17-12)16-13-7-5-11(14)9-15-13/h2-3,5,7-10H,4,6H2,1H3,(H,15,16). The Kier molecular flexibility index (Phi) is 4.20. The molecule has 0 aliphatic heterocycles. The number of hydrogen-bond donors (Lipinski definition) is 1. The summed E-state index contributed by atoms with van der Waals surface area (Å²) >= 11 is 3.37. The van der Waals surface area contributed by atoms with Crippen LogP contribution in [-0.4, -0.2) is 11.0 Å². The lowest BCUT2D eigenvalue weighted by Gasteiger charge is -2.13. The predicted octanol–water partition coefficient (Wildman–Crippen LogP) is 3.87. The molecule has 0 aromatic carbocycles. The normalized spacial score (nSPS) is 12.4. The number of hydrogen-bond acceptors (Lipinski definition) is 3. The van der Waals surface area contributed by atoms with Crippen LogP contribution in [0.3, 0.4) is 0 Å². The largest absolute Gasteiger partial charge is 0.469 e. The Labute approximate surface area is 109 Å². The van der Waals surface area contributed by atoms with E-state index in [0.717, 1.165) is 28.9 Å². The maximum atomic E-state index is 5.30. The monoisotopic (exact) mass is 294 g/mol. The minimum Gasteiger partial charge on any atom is -0.469 e. The van der Waals surface area contributed by atoms with Gasteiger partial charge in [-0.3, -0.25) is 0 Å². The molecule has 1 atom stereocenters. The summed E-state index contributed by atoms with van der Waals surface area (Å²) in [6.45, 7) is 2.15. The highest BCUT2D eigenvalue weighted by Crippen LogP contribution is 2.13. The molecule has 0 bridgehead atoms. The van der Waals surface area contributed by atoms with Gasteiger partial charge in [-0.2, -0.15) is 0 Å². The van der Waals surface area contributed by atoms with Gasteiger partial charge in [0, 0.05) is 23.1 Å². The van der Waals surface area contributed by atoms with Gasteiger partial charge in [0.25, 0.3) is 0 Å². The summed E-state index contributed by atoms with van der Waals surface area (Å²) in [4.78, 5) is 4.28. The quantitative estimate of drug-likeness (QED) is 0.910. The van der Waals surface area contributed by atoms with Crippen LogP contribution in [0.15, 0.2) is 45.6 Å². The van der Waals surface area contributed by atoms with Crippen molar-refractivity contribution in [2.75, 3.05) is 5.32 Å². The Hall–Kier alpha value is -1.29. The fraction of sp³-hybridized carbons (Fsp3) is 0.308. The number of halogens is 1. The molecule has 90 valence electrons. The number of pyridine rings is 1. The van der Waals surface area contributed by atoms with Crippen molar-refractivity contribution in [3.63, 3.8) is 0 Å². The van der Waals surface area contributed by atoms with Gasteiger partial charge in [0.2, 0.25) is 0 Å². The van der Waals surface area contributed by atoms with E-state index in [1.54, 1.807) is 12.5 Å². The molecule has 0 aliphatic rings. The number of furan rings is 1. The summed E-state index contributed by atoms with van der Waals surface area (Å²) in [5.74, 6) is 1.93. The first-order valence-electron chi connectivity index (χ1n) is 5.64. The lowest BCUT2D eigenvalue weighted by atomic mass is 10.1. The van der Waals surface area contributed by atoms with Crippen LogP contribution in [0, 0.1) is 0 Å². The molecule has 3 nitrogen and oxygen atoms in total. The van der Waals surface area contributed by atoms with Crippen LogP contribution in [0.25, 0.3) is 0 Å². The maximum Gasteiger partial charge on any atom is 0.126 e. The lowest BCUT2D eigenvalue weighted by Crippen LogP contribution is -2.16. The highest BCUT2D eigenvalue weighted by molar-refractivity contribution is 9.10. The zero-order chi connectivity index (χ0) is 12.1. The molecular weight excluding hydrogens is 280 g/mol. The minimum atomic E-state index is 0.369. The summed E-state index contributed by atoms with van der Waals surface area (Å²) in [6, 6.07) is 8.24. The van der Waals surface area contributed by atoms with Crippen molar-refractivity contribution in [1.82, 2.24) is 4.98 Å². The van der Waals surface area contributed by atoms with Gasteiger partial charge in [0.1, 0.15) is 11.6 Å². The van der Waals surface area contributed by atoms with E-state index in [-0.39, 0.29) is 0 Å². The van der Waals surface area contributed by atoms with Crippen molar-refractivity contribution in [3.8, 4) is 0 Å². The van der Waals surface area contributed by atoms with E-state index in [1.807, 2.05) is 24.3 Å². The fourth-order valence-electron chi connectivity index (χ4n) is 1.60. The van der Waals surface area contributed by atoms with E-state index >= 15 is 0 Å². The average molecular weight is 295 g/mol. The number of aryl methyl sites for hydroxylation is 1. The Morgan fingerprint density at radius 1 is 1.41 bits per heavy atom. The van der Waals surface area contributed by atoms with Crippen LogP contribution in [0.1, 0.15) is 19.1 Å². The second kappa shape index (κ2) is 5.87. The molecule has 0 spiro atoms. The Morgan fingerprint density at radius 3 is 2.94 bits per heavy atom. The lowest BCUT2D eigenvalue weighted by molar-refractivity contribution is 0.495. The van der Waals surface area contributed by atoms with Crippen LogP contribution in [0.2, 0.25) is 0 Å². The predicted molar refractivity (Wildman–Crippen MR) is 72.1 cm³/mol.